The Balaban J connectivity index is 1.47. The molecule has 0 amide bonds. The van der Waals surface area contributed by atoms with Crippen LogP contribution in [-0.4, -0.2) is 76.8 Å². The molecule has 3 N–H and O–H groups in total. The number of pyridine rings is 1. The summed E-state index contributed by atoms with van der Waals surface area (Å²) in [6.45, 7) is 2.19. The number of terminal acetylenes is 1. The molecule has 4 heterocycles. The molecule has 0 spiro atoms. The summed E-state index contributed by atoms with van der Waals surface area (Å²) in [6, 6.07) is 5.60. The van der Waals surface area contributed by atoms with Crippen molar-refractivity contribution in [2.24, 2.45) is 0 Å². The first kappa shape index (κ1) is 27.1. The van der Waals surface area contributed by atoms with Crippen LogP contribution in [0.5, 0.6) is 11.8 Å². The highest BCUT2D eigenvalue weighted by Crippen LogP contribution is 2.40. The van der Waals surface area contributed by atoms with Gasteiger partial charge in [0.2, 0.25) is 0 Å². The lowest BCUT2D eigenvalue weighted by Crippen LogP contribution is -2.62. The van der Waals surface area contributed by atoms with E-state index in [9.17, 15) is 9.50 Å². The van der Waals surface area contributed by atoms with Crippen molar-refractivity contribution in [2.45, 2.75) is 30.8 Å². The fourth-order valence-corrected chi connectivity index (χ4v) is 6.03. The lowest BCUT2D eigenvalue weighted by atomic mass is 9.95. The molecule has 0 radical (unpaired) electrons. The predicted octanol–water partition coefficient (Wildman–Crippen LogP) is 3.53. The maximum atomic E-state index is 16.4. The number of phenolic OH excluding ortho intramolecular Hbond substituents is 1. The molecular weight excluding hydrogens is 532 g/mol. The summed E-state index contributed by atoms with van der Waals surface area (Å²) < 4.78 is 42.3. The number of anilines is 1. The molecule has 0 saturated carbocycles. The number of benzene rings is 2. The molecule has 0 aliphatic carbocycles. The summed E-state index contributed by atoms with van der Waals surface area (Å²) in [6.07, 6.45) is 9.53. The van der Waals surface area contributed by atoms with Crippen molar-refractivity contribution in [3.8, 4) is 35.4 Å². The van der Waals surface area contributed by atoms with Crippen LogP contribution in [0.4, 0.5) is 14.6 Å². The summed E-state index contributed by atoms with van der Waals surface area (Å²) >= 11 is 0. The van der Waals surface area contributed by atoms with Gasteiger partial charge in [-0.25, -0.2) is 8.78 Å². The summed E-state index contributed by atoms with van der Waals surface area (Å²) in [5, 5.41) is 24.3. The molecule has 9 nitrogen and oxygen atoms in total. The SMILES string of the molecule is C#Cc1c(F)ccc2cc(O)cc(-c3ncc4c(N5CC6CC[C@@](COCCCO)(C5)N6)nc(OC)nc4c3F)c12. The second-order valence-electron chi connectivity index (χ2n) is 10.5. The number of aromatic hydroxyl groups is 1. The number of nitrogens with one attached hydrogen (secondary N) is 1. The minimum atomic E-state index is -0.774. The second kappa shape index (κ2) is 10.7. The first-order valence-electron chi connectivity index (χ1n) is 13.4. The zero-order valence-corrected chi connectivity index (χ0v) is 22.5. The smallest absolute Gasteiger partial charge is 0.318 e. The van der Waals surface area contributed by atoms with Crippen molar-refractivity contribution in [1.29, 1.82) is 0 Å². The number of methoxy groups -OCH3 is 1. The predicted molar refractivity (Wildman–Crippen MR) is 150 cm³/mol. The molecule has 2 aliphatic heterocycles. The van der Waals surface area contributed by atoms with Gasteiger partial charge in [-0.15, -0.1) is 6.42 Å². The Morgan fingerprint density at radius 1 is 1.27 bits per heavy atom. The van der Waals surface area contributed by atoms with Crippen LogP contribution < -0.4 is 15.0 Å². The number of aliphatic hydroxyl groups is 1. The highest BCUT2D eigenvalue weighted by molar-refractivity contribution is 6.03. The maximum absolute atomic E-state index is 16.4. The number of phenols is 1. The number of nitrogens with zero attached hydrogens (tertiary/aromatic N) is 4. The Labute approximate surface area is 235 Å². The van der Waals surface area contributed by atoms with Crippen LogP contribution in [0.1, 0.15) is 24.8 Å². The fourth-order valence-electron chi connectivity index (χ4n) is 6.03. The molecule has 2 saturated heterocycles. The maximum Gasteiger partial charge on any atom is 0.318 e. The van der Waals surface area contributed by atoms with E-state index in [4.69, 9.17) is 21.0 Å². The van der Waals surface area contributed by atoms with Gasteiger partial charge < -0.3 is 29.9 Å². The minimum absolute atomic E-state index is 0.0150. The van der Waals surface area contributed by atoms with Gasteiger partial charge in [-0.05, 0) is 42.8 Å². The van der Waals surface area contributed by atoms with Gasteiger partial charge in [0.1, 0.15) is 28.6 Å². The number of piperazine rings is 1. The van der Waals surface area contributed by atoms with E-state index < -0.39 is 11.6 Å². The van der Waals surface area contributed by atoms with Crippen LogP contribution in [0, 0.1) is 24.0 Å². The van der Waals surface area contributed by atoms with E-state index in [0.717, 1.165) is 12.8 Å². The van der Waals surface area contributed by atoms with Crippen molar-refractivity contribution < 1.29 is 28.5 Å². The van der Waals surface area contributed by atoms with E-state index in [1.165, 1.54) is 37.6 Å². The average Bonchev–Trinajstić information content (AvgIpc) is 3.28. The van der Waals surface area contributed by atoms with Crippen LogP contribution in [0.3, 0.4) is 0 Å². The fraction of sp³-hybridized carbons (Fsp3) is 0.367. The lowest BCUT2D eigenvalue weighted by molar-refractivity contribution is 0.0629. The third-order valence-electron chi connectivity index (χ3n) is 7.82. The van der Waals surface area contributed by atoms with Crippen molar-refractivity contribution in [3.05, 3.63) is 47.7 Å². The van der Waals surface area contributed by atoms with Gasteiger partial charge in [0.05, 0.1) is 30.2 Å². The third kappa shape index (κ3) is 4.78. The van der Waals surface area contributed by atoms with E-state index in [2.05, 4.69) is 31.1 Å². The number of halogens is 2. The highest BCUT2D eigenvalue weighted by Gasteiger charge is 2.45. The van der Waals surface area contributed by atoms with E-state index in [0.29, 0.717) is 49.3 Å². The zero-order chi connectivity index (χ0) is 28.7. The third-order valence-corrected chi connectivity index (χ3v) is 7.82. The van der Waals surface area contributed by atoms with E-state index in [1.807, 2.05) is 0 Å². The van der Waals surface area contributed by atoms with Crippen molar-refractivity contribution in [1.82, 2.24) is 20.3 Å². The number of hydrogen-bond donors (Lipinski definition) is 3. The molecule has 41 heavy (non-hydrogen) atoms. The number of aliphatic hydroxyl groups excluding tert-OH is 1. The normalized spacial score (nSPS) is 20.1. The van der Waals surface area contributed by atoms with Gasteiger partial charge in [0.25, 0.3) is 0 Å². The largest absolute Gasteiger partial charge is 0.508 e. The molecule has 6 rings (SSSR count). The van der Waals surface area contributed by atoms with Gasteiger partial charge in [0.15, 0.2) is 5.82 Å². The van der Waals surface area contributed by atoms with Crippen LogP contribution in [0.15, 0.2) is 30.5 Å². The number of aromatic nitrogens is 3. The van der Waals surface area contributed by atoms with Crippen LogP contribution in [-0.2, 0) is 4.74 Å². The van der Waals surface area contributed by atoms with E-state index in [-0.39, 0.29) is 57.7 Å². The molecule has 2 aliphatic rings. The Hall–Kier alpha value is -4.11. The van der Waals surface area contributed by atoms with Gasteiger partial charge in [-0.2, -0.15) is 9.97 Å². The van der Waals surface area contributed by atoms with Crippen molar-refractivity contribution >= 4 is 27.5 Å². The monoisotopic (exact) mass is 561 g/mol. The standard InChI is InChI=1S/C30H29F2N5O4/c1-3-20-23(31)6-5-17-11-19(39)12-21(24(17)20)26-25(32)27-22(13-33-26)28(35-29(34-27)40-2)37-14-18-7-8-30(15-37,36-18)16-41-10-4-9-38/h1,5-6,11-13,18,36,38-39H,4,7-10,14-16H2,2H3/t18?,30-/m0/s1. The molecule has 2 aromatic carbocycles. The number of fused-ring (bicyclic) bond motifs is 4. The van der Waals surface area contributed by atoms with E-state index >= 15 is 4.39 Å². The average molecular weight is 562 g/mol. The lowest BCUT2D eigenvalue weighted by Gasteiger charge is -2.42. The minimum Gasteiger partial charge on any atom is -0.508 e. The topological polar surface area (TPSA) is 113 Å². The number of rotatable bonds is 8. The highest BCUT2D eigenvalue weighted by atomic mass is 19.1. The Morgan fingerprint density at radius 2 is 2.12 bits per heavy atom. The molecule has 1 unspecified atom stereocenters. The Bertz CT molecular complexity index is 1690. The van der Waals surface area contributed by atoms with Gasteiger partial charge in [-0.3, -0.25) is 4.98 Å². The summed E-state index contributed by atoms with van der Waals surface area (Å²) in [4.78, 5) is 15.4. The van der Waals surface area contributed by atoms with Crippen molar-refractivity contribution in [3.63, 3.8) is 0 Å². The molecule has 212 valence electrons. The molecular formula is C30H29F2N5O4. The zero-order valence-electron chi connectivity index (χ0n) is 22.5. The van der Waals surface area contributed by atoms with Gasteiger partial charge >= 0.3 is 6.01 Å². The Kier molecular flexibility index (Phi) is 7.07. The van der Waals surface area contributed by atoms with Crippen LogP contribution >= 0.6 is 0 Å². The van der Waals surface area contributed by atoms with Gasteiger partial charge in [-0.1, -0.05) is 12.0 Å². The quantitative estimate of drug-likeness (QED) is 0.220. The Morgan fingerprint density at radius 3 is 2.90 bits per heavy atom. The van der Waals surface area contributed by atoms with Gasteiger partial charge in [0, 0.05) is 49.5 Å². The van der Waals surface area contributed by atoms with Crippen LogP contribution in [0.25, 0.3) is 32.9 Å². The summed E-state index contributed by atoms with van der Waals surface area (Å²) in [5.41, 5.74) is -0.384. The molecule has 4 aromatic rings. The van der Waals surface area contributed by atoms with Crippen LogP contribution in [0.2, 0.25) is 0 Å². The molecule has 2 atom stereocenters. The molecule has 2 fully saturated rings. The number of ether oxygens (including phenoxy) is 2. The first-order valence-corrected chi connectivity index (χ1v) is 13.4. The molecule has 11 heteroatoms. The molecule has 2 bridgehead atoms. The summed E-state index contributed by atoms with van der Waals surface area (Å²) in [5.74, 6) is 1.27. The van der Waals surface area contributed by atoms with E-state index in [1.54, 1.807) is 0 Å². The molecule has 2 aromatic heterocycles. The van der Waals surface area contributed by atoms with Crippen molar-refractivity contribution in [2.75, 3.05) is 44.9 Å². The first-order chi connectivity index (χ1) is 19.9. The number of hydrogen-bond acceptors (Lipinski definition) is 9. The summed E-state index contributed by atoms with van der Waals surface area (Å²) in [7, 11) is 1.41. The second-order valence-corrected chi connectivity index (χ2v) is 10.5.